The monoisotopic (exact) mass is 211 g/mol. The summed E-state index contributed by atoms with van der Waals surface area (Å²) in [5.41, 5.74) is 4.00. The number of hydrogen-bond donors (Lipinski definition) is 1. The summed E-state index contributed by atoms with van der Waals surface area (Å²) in [6.07, 6.45) is 0. The lowest BCUT2D eigenvalue weighted by Gasteiger charge is -2.22. The van der Waals surface area contributed by atoms with E-state index >= 15 is 0 Å². The van der Waals surface area contributed by atoms with Gasteiger partial charge in [-0.3, -0.25) is 4.84 Å². The minimum atomic E-state index is -0.180. The fraction of sp³-hybridized carbons (Fsp3) is 0.667. The molecule has 1 unspecified atom stereocenters. The van der Waals surface area contributed by atoms with Crippen LogP contribution in [0.3, 0.4) is 0 Å². The lowest BCUT2D eigenvalue weighted by Crippen LogP contribution is -2.31. The smallest absolute Gasteiger partial charge is 0.105 e. The molecule has 3 heteroatoms. The Bertz CT molecular complexity index is 323. The zero-order chi connectivity index (χ0) is 11.6. The van der Waals surface area contributed by atoms with Crippen molar-refractivity contribution in [1.29, 1.82) is 0 Å². The van der Waals surface area contributed by atoms with Gasteiger partial charge in [0, 0.05) is 5.56 Å². The average molecular weight is 211 g/mol. The Morgan fingerprint density at radius 1 is 1.33 bits per heavy atom. The van der Waals surface area contributed by atoms with Crippen LogP contribution < -0.4 is 5.48 Å². The normalized spacial score (nSPS) is 14.3. The van der Waals surface area contributed by atoms with Crippen LogP contribution in [0.1, 0.15) is 50.8 Å². The number of hydrogen-bond acceptors (Lipinski definition) is 3. The maximum atomic E-state index is 5.52. The van der Waals surface area contributed by atoms with E-state index in [1.807, 2.05) is 40.7 Å². The molecule has 1 N–H and O–H groups in total. The number of hydroxylamine groups is 1. The van der Waals surface area contributed by atoms with Crippen LogP contribution in [-0.4, -0.2) is 5.60 Å². The van der Waals surface area contributed by atoms with Gasteiger partial charge in [-0.05, 0) is 47.6 Å². The zero-order valence-corrected chi connectivity index (χ0v) is 10.5. The number of aryl methyl sites for hydroxylation is 2. The van der Waals surface area contributed by atoms with Gasteiger partial charge in [0.25, 0.3) is 0 Å². The first kappa shape index (κ1) is 12.3. The summed E-state index contributed by atoms with van der Waals surface area (Å²) in [4.78, 5) is 5.52. The fourth-order valence-corrected chi connectivity index (χ4v) is 1.41. The molecule has 0 saturated heterocycles. The highest BCUT2D eigenvalue weighted by Crippen LogP contribution is 2.21. The molecule has 0 saturated carbocycles. The molecule has 86 valence electrons. The minimum absolute atomic E-state index is 0.140. The third kappa shape index (κ3) is 3.68. The SMILES string of the molecule is Cc1cc(C(C)NOC(C)(C)C)c(C)o1. The first-order chi connectivity index (χ1) is 6.79. The molecule has 0 aromatic carbocycles. The van der Waals surface area contributed by atoms with Crippen LogP contribution in [0.5, 0.6) is 0 Å². The molecule has 1 atom stereocenters. The van der Waals surface area contributed by atoms with Gasteiger partial charge in [-0.15, -0.1) is 0 Å². The summed E-state index contributed by atoms with van der Waals surface area (Å²) in [5.74, 6) is 1.89. The largest absolute Gasteiger partial charge is 0.466 e. The van der Waals surface area contributed by atoms with Crippen LogP contribution in [0.2, 0.25) is 0 Å². The molecule has 3 nitrogen and oxygen atoms in total. The van der Waals surface area contributed by atoms with Gasteiger partial charge >= 0.3 is 0 Å². The third-order valence-electron chi connectivity index (χ3n) is 2.09. The van der Waals surface area contributed by atoms with Crippen LogP contribution in [0.4, 0.5) is 0 Å². The van der Waals surface area contributed by atoms with Crippen molar-refractivity contribution in [2.75, 3.05) is 0 Å². The molecule has 0 radical (unpaired) electrons. The van der Waals surface area contributed by atoms with Crippen molar-refractivity contribution < 1.29 is 9.25 Å². The number of furan rings is 1. The lowest BCUT2D eigenvalue weighted by molar-refractivity contribution is -0.0867. The van der Waals surface area contributed by atoms with Gasteiger partial charge in [-0.1, -0.05) is 0 Å². The van der Waals surface area contributed by atoms with Gasteiger partial charge in [-0.25, -0.2) is 0 Å². The Hall–Kier alpha value is -0.800. The van der Waals surface area contributed by atoms with E-state index in [1.54, 1.807) is 0 Å². The highest BCUT2D eigenvalue weighted by molar-refractivity contribution is 5.23. The van der Waals surface area contributed by atoms with Crippen molar-refractivity contribution in [3.8, 4) is 0 Å². The molecular weight excluding hydrogens is 190 g/mol. The number of nitrogens with one attached hydrogen (secondary N) is 1. The molecule has 0 aliphatic rings. The number of rotatable bonds is 3. The van der Waals surface area contributed by atoms with E-state index in [0.29, 0.717) is 0 Å². The lowest BCUT2D eigenvalue weighted by atomic mass is 10.1. The molecule has 0 aliphatic carbocycles. The van der Waals surface area contributed by atoms with Crippen molar-refractivity contribution in [2.24, 2.45) is 0 Å². The molecule has 0 bridgehead atoms. The van der Waals surface area contributed by atoms with E-state index < -0.39 is 0 Å². The Labute approximate surface area is 91.8 Å². The molecule has 0 fully saturated rings. The second-order valence-electron chi connectivity index (χ2n) is 4.92. The van der Waals surface area contributed by atoms with Gasteiger partial charge < -0.3 is 4.42 Å². The molecule has 0 spiro atoms. The molecule has 15 heavy (non-hydrogen) atoms. The summed E-state index contributed by atoms with van der Waals surface area (Å²) in [5, 5.41) is 0. The second-order valence-corrected chi connectivity index (χ2v) is 4.92. The standard InChI is InChI=1S/C12H21NO2/c1-8-7-11(10(3)14-8)9(2)13-15-12(4,5)6/h7,9,13H,1-6H3. The van der Waals surface area contributed by atoms with Crippen molar-refractivity contribution >= 4 is 0 Å². The van der Waals surface area contributed by atoms with Crippen molar-refractivity contribution in [3.05, 3.63) is 23.2 Å². The van der Waals surface area contributed by atoms with Crippen molar-refractivity contribution in [2.45, 2.75) is 53.2 Å². The topological polar surface area (TPSA) is 34.4 Å². The van der Waals surface area contributed by atoms with E-state index in [1.165, 1.54) is 0 Å². The Kier molecular flexibility index (Phi) is 3.58. The fourth-order valence-electron chi connectivity index (χ4n) is 1.41. The Balaban J connectivity index is 2.61. The van der Waals surface area contributed by atoms with E-state index in [-0.39, 0.29) is 11.6 Å². The van der Waals surface area contributed by atoms with Gasteiger partial charge in [0.15, 0.2) is 0 Å². The van der Waals surface area contributed by atoms with Crippen molar-refractivity contribution in [3.63, 3.8) is 0 Å². The quantitative estimate of drug-likeness (QED) is 0.779. The summed E-state index contributed by atoms with van der Waals surface area (Å²) >= 11 is 0. The van der Waals surface area contributed by atoms with Crippen molar-refractivity contribution in [1.82, 2.24) is 5.48 Å². The van der Waals surface area contributed by atoms with E-state index in [9.17, 15) is 0 Å². The second kappa shape index (κ2) is 4.37. The molecule has 0 aliphatic heterocycles. The highest BCUT2D eigenvalue weighted by Gasteiger charge is 2.16. The van der Waals surface area contributed by atoms with E-state index in [4.69, 9.17) is 9.25 Å². The maximum Gasteiger partial charge on any atom is 0.105 e. The average Bonchev–Trinajstić information content (AvgIpc) is 2.40. The Morgan fingerprint density at radius 3 is 2.33 bits per heavy atom. The molecule has 1 rings (SSSR count). The molecule has 1 aromatic rings. The first-order valence-corrected chi connectivity index (χ1v) is 5.30. The summed E-state index contributed by atoms with van der Waals surface area (Å²) in [6.45, 7) is 12.0. The van der Waals surface area contributed by atoms with Gasteiger partial charge in [0.1, 0.15) is 11.5 Å². The van der Waals surface area contributed by atoms with Crippen LogP contribution >= 0.6 is 0 Å². The van der Waals surface area contributed by atoms with Crippen LogP contribution in [-0.2, 0) is 4.84 Å². The zero-order valence-electron chi connectivity index (χ0n) is 10.5. The predicted octanol–water partition coefficient (Wildman–Crippen LogP) is 3.28. The molecule has 1 aromatic heterocycles. The molecule has 1 heterocycles. The third-order valence-corrected chi connectivity index (χ3v) is 2.09. The van der Waals surface area contributed by atoms with Gasteiger partial charge in [-0.2, -0.15) is 5.48 Å². The Morgan fingerprint density at radius 2 is 1.93 bits per heavy atom. The summed E-state index contributed by atoms with van der Waals surface area (Å²) < 4.78 is 5.47. The summed E-state index contributed by atoms with van der Waals surface area (Å²) in [6, 6.07) is 2.18. The molecular formula is C12H21NO2. The minimum Gasteiger partial charge on any atom is -0.466 e. The highest BCUT2D eigenvalue weighted by atomic mass is 16.7. The summed E-state index contributed by atoms with van der Waals surface area (Å²) in [7, 11) is 0. The molecule has 0 amide bonds. The van der Waals surface area contributed by atoms with Crippen LogP contribution in [0.15, 0.2) is 10.5 Å². The van der Waals surface area contributed by atoms with E-state index in [2.05, 4.69) is 12.4 Å². The van der Waals surface area contributed by atoms with E-state index in [0.717, 1.165) is 17.1 Å². The van der Waals surface area contributed by atoms with Gasteiger partial charge in [0.2, 0.25) is 0 Å². The first-order valence-electron chi connectivity index (χ1n) is 5.30. The van der Waals surface area contributed by atoms with Gasteiger partial charge in [0.05, 0.1) is 11.6 Å². The van der Waals surface area contributed by atoms with Crippen LogP contribution in [0.25, 0.3) is 0 Å². The van der Waals surface area contributed by atoms with Crippen LogP contribution in [0, 0.1) is 13.8 Å². The maximum absolute atomic E-state index is 5.52. The predicted molar refractivity (Wildman–Crippen MR) is 60.6 cm³/mol.